The molecule has 0 heterocycles. The first kappa shape index (κ1) is 19.0. The van der Waals surface area contributed by atoms with E-state index in [1.165, 1.54) is 6.07 Å². The Kier molecular flexibility index (Phi) is 7.84. The Labute approximate surface area is 140 Å². The Hall–Kier alpha value is -3.02. The van der Waals surface area contributed by atoms with Gasteiger partial charge in [-0.25, -0.2) is 9.59 Å². The van der Waals surface area contributed by atoms with Crippen molar-refractivity contribution in [2.75, 3.05) is 6.61 Å². The minimum absolute atomic E-state index is 0.216. The van der Waals surface area contributed by atoms with Gasteiger partial charge in [0, 0.05) is 0 Å². The zero-order valence-electron chi connectivity index (χ0n) is 13.5. The molecule has 2 N–H and O–H groups in total. The van der Waals surface area contributed by atoms with Gasteiger partial charge in [0.05, 0.1) is 6.61 Å². The van der Waals surface area contributed by atoms with Gasteiger partial charge in [-0.2, -0.15) is 0 Å². The fourth-order valence-electron chi connectivity index (χ4n) is 1.61. The van der Waals surface area contributed by atoms with Gasteiger partial charge in [0.15, 0.2) is 0 Å². The van der Waals surface area contributed by atoms with Crippen LogP contribution in [0, 0.1) is 5.92 Å². The molecular formula is C18H20O6. The van der Waals surface area contributed by atoms with Crippen molar-refractivity contribution in [2.45, 2.75) is 13.8 Å². The van der Waals surface area contributed by atoms with Gasteiger partial charge < -0.3 is 19.7 Å². The van der Waals surface area contributed by atoms with Gasteiger partial charge in [-0.1, -0.05) is 44.2 Å². The molecule has 0 atom stereocenters. The Morgan fingerprint density at radius 3 is 2.08 bits per heavy atom. The van der Waals surface area contributed by atoms with Crippen LogP contribution in [0.3, 0.4) is 0 Å². The lowest BCUT2D eigenvalue weighted by atomic mass is 10.2. The number of para-hydroxylation sites is 2. The number of rotatable bonds is 5. The third kappa shape index (κ3) is 7.31. The third-order valence-electron chi connectivity index (χ3n) is 2.64. The second-order valence-electron chi connectivity index (χ2n) is 5.19. The first-order valence-electron chi connectivity index (χ1n) is 7.31. The summed E-state index contributed by atoms with van der Waals surface area (Å²) in [6.45, 7) is 4.57. The molecule has 0 aliphatic rings. The molecule has 0 amide bonds. The van der Waals surface area contributed by atoms with Gasteiger partial charge in [0.25, 0.3) is 0 Å². The largest absolute Gasteiger partial charge is 0.511 e. The zero-order valence-corrected chi connectivity index (χ0v) is 13.5. The summed E-state index contributed by atoms with van der Waals surface area (Å²) in [7, 11) is 0. The van der Waals surface area contributed by atoms with Crippen molar-refractivity contribution in [3.63, 3.8) is 0 Å². The number of carboxylic acid groups (broad SMARTS) is 2. The molecule has 0 aliphatic heterocycles. The predicted molar refractivity (Wildman–Crippen MR) is 88.8 cm³/mol. The fraction of sp³-hybridized carbons (Fsp3) is 0.222. The van der Waals surface area contributed by atoms with Crippen LogP contribution in [-0.4, -0.2) is 28.9 Å². The second-order valence-corrected chi connectivity index (χ2v) is 5.19. The molecule has 0 radical (unpaired) electrons. The number of aromatic carboxylic acids is 1. The van der Waals surface area contributed by atoms with E-state index >= 15 is 0 Å². The van der Waals surface area contributed by atoms with Crippen molar-refractivity contribution >= 4 is 12.1 Å². The van der Waals surface area contributed by atoms with E-state index in [2.05, 4.69) is 4.74 Å². The molecule has 2 aromatic carbocycles. The highest BCUT2D eigenvalue weighted by Gasteiger charge is 2.09. The maximum Gasteiger partial charge on any atom is 0.511 e. The summed E-state index contributed by atoms with van der Waals surface area (Å²) in [6.07, 6.45) is -1.29. The van der Waals surface area contributed by atoms with Crippen LogP contribution >= 0.6 is 0 Å². The van der Waals surface area contributed by atoms with Crippen LogP contribution < -0.4 is 9.47 Å². The number of carbonyl (C=O) groups is 2. The van der Waals surface area contributed by atoms with Crippen molar-refractivity contribution in [1.82, 2.24) is 0 Å². The van der Waals surface area contributed by atoms with E-state index < -0.39 is 12.1 Å². The summed E-state index contributed by atoms with van der Waals surface area (Å²) < 4.78 is 9.71. The van der Waals surface area contributed by atoms with Crippen LogP contribution in [0.1, 0.15) is 24.2 Å². The van der Waals surface area contributed by atoms with Gasteiger partial charge in [0.1, 0.15) is 17.1 Å². The molecule has 0 unspecified atom stereocenters. The van der Waals surface area contributed by atoms with E-state index in [1.54, 1.807) is 48.5 Å². The van der Waals surface area contributed by atoms with E-state index in [-0.39, 0.29) is 5.56 Å². The Morgan fingerprint density at radius 2 is 1.54 bits per heavy atom. The summed E-state index contributed by atoms with van der Waals surface area (Å²) >= 11 is 0. The highest BCUT2D eigenvalue weighted by molar-refractivity contribution is 5.90. The molecule has 24 heavy (non-hydrogen) atoms. The molecule has 2 rings (SSSR count). The molecule has 0 saturated heterocycles. The highest BCUT2D eigenvalue weighted by Crippen LogP contribution is 2.18. The number of benzene rings is 2. The van der Waals surface area contributed by atoms with Crippen LogP contribution in [0.4, 0.5) is 4.79 Å². The lowest BCUT2D eigenvalue weighted by Crippen LogP contribution is -2.08. The van der Waals surface area contributed by atoms with Crippen molar-refractivity contribution in [3.05, 3.63) is 60.2 Å². The van der Waals surface area contributed by atoms with E-state index in [0.29, 0.717) is 24.0 Å². The third-order valence-corrected chi connectivity index (χ3v) is 2.64. The molecule has 2 aromatic rings. The SMILES string of the molecule is CC(C)COc1ccccc1C(=O)O.O=C(O)Oc1ccccc1. The lowest BCUT2D eigenvalue weighted by Gasteiger charge is -2.10. The second kappa shape index (κ2) is 9.89. The monoisotopic (exact) mass is 332 g/mol. The van der Waals surface area contributed by atoms with Crippen molar-refractivity contribution < 1.29 is 29.3 Å². The Bertz CT molecular complexity index is 652. The molecule has 0 aliphatic carbocycles. The zero-order chi connectivity index (χ0) is 17.9. The minimum Gasteiger partial charge on any atom is -0.492 e. The van der Waals surface area contributed by atoms with Gasteiger partial charge in [0.2, 0.25) is 0 Å². The average Bonchev–Trinajstić information content (AvgIpc) is 2.54. The predicted octanol–water partition coefficient (Wildman–Crippen LogP) is 4.16. The van der Waals surface area contributed by atoms with Gasteiger partial charge in [-0.05, 0) is 30.2 Å². The molecule has 6 heteroatoms. The van der Waals surface area contributed by atoms with E-state index in [1.807, 2.05) is 13.8 Å². The van der Waals surface area contributed by atoms with Crippen LogP contribution in [0.15, 0.2) is 54.6 Å². The molecule has 128 valence electrons. The van der Waals surface area contributed by atoms with Gasteiger partial charge in [-0.3, -0.25) is 0 Å². The maximum atomic E-state index is 10.8. The topological polar surface area (TPSA) is 93.1 Å². The van der Waals surface area contributed by atoms with Crippen molar-refractivity contribution in [2.24, 2.45) is 5.92 Å². The lowest BCUT2D eigenvalue weighted by molar-refractivity contribution is 0.0691. The molecule has 6 nitrogen and oxygen atoms in total. The molecular weight excluding hydrogens is 312 g/mol. The highest BCUT2D eigenvalue weighted by atomic mass is 16.7. The molecule has 0 aromatic heterocycles. The van der Waals surface area contributed by atoms with E-state index in [4.69, 9.17) is 14.9 Å². The Morgan fingerprint density at radius 1 is 0.958 bits per heavy atom. The van der Waals surface area contributed by atoms with Crippen LogP contribution in [0.25, 0.3) is 0 Å². The summed E-state index contributed by atoms with van der Waals surface area (Å²) in [5.74, 6) is 0.213. The van der Waals surface area contributed by atoms with Crippen LogP contribution in [0.5, 0.6) is 11.5 Å². The standard InChI is InChI=1S/C11H14O3.C7H6O3/c1-8(2)7-14-10-6-4-3-5-9(10)11(12)13;8-7(9)10-6-4-2-1-3-5-6/h3-6,8H,7H2,1-2H3,(H,12,13);1-5H,(H,8,9). The van der Waals surface area contributed by atoms with Gasteiger partial charge >= 0.3 is 12.1 Å². The van der Waals surface area contributed by atoms with Crippen LogP contribution in [-0.2, 0) is 0 Å². The van der Waals surface area contributed by atoms with Crippen LogP contribution in [0.2, 0.25) is 0 Å². The molecule has 0 saturated carbocycles. The molecule has 0 bridgehead atoms. The summed E-state index contributed by atoms with van der Waals surface area (Å²) in [5.41, 5.74) is 0.216. The molecule has 0 spiro atoms. The minimum atomic E-state index is -1.29. The summed E-state index contributed by atoms with van der Waals surface area (Å²) in [5, 5.41) is 17.0. The fourth-order valence-corrected chi connectivity index (χ4v) is 1.61. The smallest absolute Gasteiger partial charge is 0.492 e. The number of ether oxygens (including phenoxy) is 2. The normalized spacial score (nSPS) is 9.62. The number of carboxylic acids is 1. The summed E-state index contributed by atoms with van der Waals surface area (Å²) in [6, 6.07) is 15.0. The van der Waals surface area contributed by atoms with Crippen molar-refractivity contribution in [3.8, 4) is 11.5 Å². The van der Waals surface area contributed by atoms with E-state index in [0.717, 1.165) is 0 Å². The quantitative estimate of drug-likeness (QED) is 0.631. The molecule has 0 fully saturated rings. The Balaban J connectivity index is 0.000000254. The van der Waals surface area contributed by atoms with Gasteiger partial charge in [-0.15, -0.1) is 0 Å². The summed E-state index contributed by atoms with van der Waals surface area (Å²) in [4.78, 5) is 20.7. The average molecular weight is 332 g/mol. The van der Waals surface area contributed by atoms with E-state index in [9.17, 15) is 9.59 Å². The maximum absolute atomic E-state index is 10.8. The number of hydrogen-bond donors (Lipinski definition) is 2. The first-order valence-corrected chi connectivity index (χ1v) is 7.31. The van der Waals surface area contributed by atoms with Crippen molar-refractivity contribution in [1.29, 1.82) is 0 Å². The first-order chi connectivity index (χ1) is 11.4. The number of hydrogen-bond acceptors (Lipinski definition) is 4.